The Bertz CT molecular complexity index is 336. The zero-order valence-electron chi connectivity index (χ0n) is 9.91. The summed E-state index contributed by atoms with van der Waals surface area (Å²) >= 11 is 0. The summed E-state index contributed by atoms with van der Waals surface area (Å²) in [5, 5.41) is 0. The van der Waals surface area contributed by atoms with E-state index in [9.17, 15) is 13.2 Å². The topological polar surface area (TPSA) is 0 Å². The number of hydrogen-bond donors (Lipinski definition) is 0. The average Bonchev–Trinajstić information content (AvgIpc) is 2.13. The maximum atomic E-state index is 12.4. The molecule has 0 aromatic carbocycles. The highest BCUT2D eigenvalue weighted by atomic mass is 28.3. The van der Waals surface area contributed by atoms with Gasteiger partial charge in [-0.25, -0.2) is 0 Å². The van der Waals surface area contributed by atoms with Crippen molar-refractivity contribution in [3.05, 3.63) is 11.6 Å². The van der Waals surface area contributed by atoms with Crippen LogP contribution in [0.15, 0.2) is 11.6 Å². The number of halogens is 3. The predicted molar refractivity (Wildman–Crippen MR) is 62.6 cm³/mol. The van der Waals surface area contributed by atoms with Crippen LogP contribution in [-0.4, -0.2) is 14.3 Å². The Hall–Kier alpha value is -0.693. The summed E-state index contributed by atoms with van der Waals surface area (Å²) in [6.07, 6.45) is -1.63. The second-order valence-corrected chi connectivity index (χ2v) is 9.99. The van der Waals surface area contributed by atoms with E-state index < -0.39 is 20.2 Å². The molecule has 0 saturated carbocycles. The molecule has 90 valence electrons. The quantitative estimate of drug-likeness (QED) is 0.445. The first-order valence-electron chi connectivity index (χ1n) is 5.47. The average molecular weight is 246 g/mol. The van der Waals surface area contributed by atoms with Gasteiger partial charge in [0, 0.05) is 0 Å². The van der Waals surface area contributed by atoms with Crippen LogP contribution in [0.1, 0.15) is 19.3 Å². The van der Waals surface area contributed by atoms with Gasteiger partial charge in [-0.1, -0.05) is 31.6 Å². The smallest absolute Gasteiger partial charge is 0.171 e. The van der Waals surface area contributed by atoms with E-state index in [0.717, 1.165) is 5.57 Å². The molecule has 0 aromatic heterocycles. The number of rotatable bonds is 0. The molecule has 0 aromatic rings. The monoisotopic (exact) mass is 246 g/mol. The number of allylic oxidation sites excluding steroid dienone is 2. The van der Waals surface area contributed by atoms with E-state index in [2.05, 4.69) is 31.1 Å². The van der Waals surface area contributed by atoms with Crippen molar-refractivity contribution >= 4 is 8.07 Å². The first-order chi connectivity index (χ1) is 7.18. The molecular weight excluding hydrogens is 229 g/mol. The molecule has 1 unspecified atom stereocenters. The van der Waals surface area contributed by atoms with Crippen LogP contribution in [-0.2, 0) is 0 Å². The zero-order valence-corrected chi connectivity index (χ0v) is 10.9. The summed E-state index contributed by atoms with van der Waals surface area (Å²) in [4.78, 5) is 0. The van der Waals surface area contributed by atoms with Crippen molar-refractivity contribution in [1.82, 2.24) is 0 Å². The molecule has 0 nitrogen and oxygen atoms in total. The predicted octanol–water partition coefficient (Wildman–Crippen LogP) is 4.16. The van der Waals surface area contributed by atoms with Gasteiger partial charge in [0.25, 0.3) is 0 Å². The Morgan fingerprint density at radius 2 is 1.94 bits per heavy atom. The maximum absolute atomic E-state index is 12.4. The molecule has 1 aliphatic rings. The molecule has 1 rings (SSSR count). The van der Waals surface area contributed by atoms with E-state index in [1.54, 1.807) is 6.08 Å². The summed E-state index contributed by atoms with van der Waals surface area (Å²) in [5.41, 5.74) is 4.08. The minimum Gasteiger partial charge on any atom is -0.171 e. The highest BCUT2D eigenvalue weighted by Gasteiger charge is 2.39. The zero-order chi connectivity index (χ0) is 12.4. The second kappa shape index (κ2) is 4.66. The lowest BCUT2D eigenvalue weighted by Crippen LogP contribution is -2.24. The van der Waals surface area contributed by atoms with Gasteiger partial charge in [0.2, 0.25) is 0 Å². The van der Waals surface area contributed by atoms with Crippen LogP contribution in [0.25, 0.3) is 0 Å². The third-order valence-electron chi connectivity index (χ3n) is 2.47. The third kappa shape index (κ3) is 4.44. The Labute approximate surface area is 95.9 Å². The molecule has 1 aliphatic carbocycles. The highest BCUT2D eigenvalue weighted by molar-refractivity contribution is 6.83. The number of hydrogen-bond acceptors (Lipinski definition) is 0. The van der Waals surface area contributed by atoms with E-state index in [1.165, 1.54) is 0 Å². The Balaban J connectivity index is 2.63. The summed E-state index contributed by atoms with van der Waals surface area (Å²) in [7, 11) is -1.42. The standard InChI is InChI=1S/C12H17F3Si/c1-16(2,3)9-8-10-4-6-11(7-5-10)12(13,14)15/h4,11H,5-7H2,1-3H3. The third-order valence-corrected chi connectivity index (χ3v) is 3.35. The van der Waals surface area contributed by atoms with E-state index >= 15 is 0 Å². The molecule has 4 heteroatoms. The van der Waals surface area contributed by atoms with Crippen LogP contribution in [0.5, 0.6) is 0 Å². The van der Waals surface area contributed by atoms with E-state index in [1.807, 2.05) is 0 Å². The normalized spacial score (nSPS) is 22.1. The van der Waals surface area contributed by atoms with Crippen LogP contribution < -0.4 is 0 Å². The van der Waals surface area contributed by atoms with Gasteiger partial charge in [0.15, 0.2) is 0 Å². The van der Waals surface area contributed by atoms with Crippen molar-refractivity contribution in [3.63, 3.8) is 0 Å². The minimum atomic E-state index is -4.05. The van der Waals surface area contributed by atoms with Gasteiger partial charge in [-0.05, 0) is 24.8 Å². The van der Waals surface area contributed by atoms with Crippen LogP contribution in [0.3, 0.4) is 0 Å². The van der Waals surface area contributed by atoms with Gasteiger partial charge in [-0.15, -0.1) is 5.54 Å². The molecular formula is C12H17F3Si. The molecule has 16 heavy (non-hydrogen) atoms. The van der Waals surface area contributed by atoms with Crippen molar-refractivity contribution in [2.24, 2.45) is 5.92 Å². The molecule has 0 saturated heterocycles. The molecule has 0 fully saturated rings. The fourth-order valence-electron chi connectivity index (χ4n) is 1.51. The fourth-order valence-corrected chi connectivity index (χ4v) is 2.05. The largest absolute Gasteiger partial charge is 0.392 e. The van der Waals surface area contributed by atoms with Crippen LogP contribution in [0.4, 0.5) is 13.2 Å². The summed E-state index contributed by atoms with van der Waals surface area (Å²) in [6, 6.07) is 0. The van der Waals surface area contributed by atoms with Crippen molar-refractivity contribution < 1.29 is 13.2 Å². The van der Waals surface area contributed by atoms with Crippen molar-refractivity contribution in [2.75, 3.05) is 0 Å². The first-order valence-corrected chi connectivity index (χ1v) is 8.97. The van der Waals surface area contributed by atoms with E-state index in [4.69, 9.17) is 0 Å². The summed E-state index contributed by atoms with van der Waals surface area (Å²) in [5.74, 6) is 1.88. The van der Waals surface area contributed by atoms with Gasteiger partial charge >= 0.3 is 6.18 Å². The molecule has 0 spiro atoms. The van der Waals surface area contributed by atoms with E-state index in [-0.39, 0.29) is 12.8 Å². The lowest BCUT2D eigenvalue weighted by molar-refractivity contribution is -0.176. The van der Waals surface area contributed by atoms with Crippen LogP contribution in [0.2, 0.25) is 19.6 Å². The Morgan fingerprint density at radius 1 is 1.31 bits per heavy atom. The number of alkyl halides is 3. The van der Waals surface area contributed by atoms with Gasteiger partial charge in [-0.3, -0.25) is 0 Å². The molecule has 1 atom stereocenters. The molecule has 0 amide bonds. The molecule has 0 heterocycles. The van der Waals surface area contributed by atoms with Crippen LogP contribution in [0, 0.1) is 17.4 Å². The van der Waals surface area contributed by atoms with Gasteiger partial charge in [0.1, 0.15) is 8.07 Å². The molecule has 0 aliphatic heterocycles. The van der Waals surface area contributed by atoms with Crippen molar-refractivity contribution in [2.45, 2.75) is 45.1 Å². The first kappa shape index (κ1) is 13.4. The van der Waals surface area contributed by atoms with E-state index in [0.29, 0.717) is 6.42 Å². The SMILES string of the molecule is C[Si](C)(C)C#CC1=CCC(C(F)(F)F)CC1. The van der Waals surface area contributed by atoms with Gasteiger partial charge in [-0.2, -0.15) is 13.2 Å². The molecule has 0 bridgehead atoms. The molecule has 0 radical (unpaired) electrons. The van der Waals surface area contributed by atoms with Crippen molar-refractivity contribution in [1.29, 1.82) is 0 Å². The minimum absolute atomic E-state index is 0.0964. The maximum Gasteiger partial charge on any atom is 0.392 e. The van der Waals surface area contributed by atoms with Gasteiger partial charge < -0.3 is 0 Å². The summed E-state index contributed by atoms with van der Waals surface area (Å²) in [6.45, 7) is 6.38. The molecule has 0 N–H and O–H groups in total. The van der Waals surface area contributed by atoms with Gasteiger partial charge in [0.05, 0.1) is 5.92 Å². The lowest BCUT2D eigenvalue weighted by Gasteiger charge is -2.22. The highest BCUT2D eigenvalue weighted by Crippen LogP contribution is 2.36. The lowest BCUT2D eigenvalue weighted by atomic mass is 9.89. The van der Waals surface area contributed by atoms with Crippen molar-refractivity contribution in [3.8, 4) is 11.5 Å². The second-order valence-electron chi connectivity index (χ2n) is 5.24. The van der Waals surface area contributed by atoms with Crippen LogP contribution >= 0.6 is 0 Å². The Kier molecular flexibility index (Phi) is 3.90. The Morgan fingerprint density at radius 3 is 2.31 bits per heavy atom. The fraction of sp³-hybridized carbons (Fsp3) is 0.667. The summed E-state index contributed by atoms with van der Waals surface area (Å²) < 4.78 is 37.2.